The molecule has 22 valence electrons. The molecule has 0 atom stereocenters. The first kappa shape index (κ1) is 1.70. The summed E-state index contributed by atoms with van der Waals surface area (Å²) in [4.78, 5) is 0. The molecule has 0 aliphatic carbocycles. The van der Waals surface area contributed by atoms with Crippen molar-refractivity contribution in [3.63, 3.8) is 0 Å². The molecule has 0 aliphatic rings. The topological polar surface area (TPSA) is 13.1 Å². The van der Waals surface area contributed by atoms with Crippen LogP contribution in [0.15, 0.2) is 23.0 Å². The zero-order valence-electron chi connectivity index (χ0n) is 2.14. The molecular weight excluding hydrogens is 52.0 g/mol. The van der Waals surface area contributed by atoms with E-state index in [1.54, 1.807) is 12.5 Å². The molecule has 4 heavy (non-hydrogen) atoms. The molecule has 0 fully saturated rings. The van der Waals surface area contributed by atoms with Gasteiger partial charge in [-0.05, 0) is 12.5 Å². The van der Waals surface area contributed by atoms with E-state index in [9.17, 15) is 0 Å². The van der Waals surface area contributed by atoms with Crippen molar-refractivity contribution in [1.82, 2.24) is 0 Å². The molecule has 1 rings (SSSR count). The van der Waals surface area contributed by atoms with Gasteiger partial charge >= 0.3 is 0 Å². The van der Waals surface area contributed by atoms with Crippen molar-refractivity contribution in [2.45, 2.75) is 0 Å². The predicted molar refractivity (Wildman–Crippen MR) is 14.3 cm³/mol. The maximum absolute atomic E-state index is 4.42. The molecule has 1 heteroatoms. The maximum atomic E-state index is 4.42. The summed E-state index contributed by atoms with van der Waals surface area (Å²) in [6.07, 6.45) is 3.25. The summed E-state index contributed by atoms with van der Waals surface area (Å²) in [5.41, 5.74) is 0. The molecule has 0 saturated carbocycles. The third-order valence-electron chi connectivity index (χ3n) is 0.314. The largest absolute Gasteiger partial charge is 0.586 e. The van der Waals surface area contributed by atoms with Crippen molar-refractivity contribution in [3.05, 3.63) is 18.6 Å². The quantitative estimate of drug-likeness (QED) is 0.403. The van der Waals surface area contributed by atoms with Crippen LogP contribution in [-0.4, -0.2) is 0 Å². The lowest BCUT2D eigenvalue weighted by Gasteiger charge is -1.85. The highest BCUT2D eigenvalue weighted by molar-refractivity contribution is 4.70. The molecule has 0 spiro atoms. The highest BCUT2D eigenvalue weighted by Gasteiger charge is 1.47. The van der Waals surface area contributed by atoms with E-state index in [4.69, 9.17) is 0 Å². The van der Waals surface area contributed by atoms with Crippen LogP contribution in [0.25, 0.3) is 0 Å². The van der Waals surface area contributed by atoms with Crippen molar-refractivity contribution in [3.8, 4) is 0 Å². The predicted octanol–water partition coefficient (Wildman–Crippen LogP) is 0.998. The monoisotopic (exact) mass is 55.0 g/mol. The average molecular weight is 55.1 g/mol. The van der Waals surface area contributed by atoms with Crippen molar-refractivity contribution < 1.29 is 4.42 Å². The highest BCUT2D eigenvalue weighted by Crippen LogP contribution is 1.79. The zero-order valence-corrected chi connectivity index (χ0v) is 2.14. The minimum absolute atomic E-state index is 1.62. The normalized spacial score (nSPS) is 8.00. The van der Waals surface area contributed by atoms with Gasteiger partial charge in [-0.2, -0.15) is 0 Å². The fraction of sp³-hybridized carbons (Fsp3) is 0. The lowest BCUT2D eigenvalue weighted by molar-refractivity contribution is 0.516. The van der Waals surface area contributed by atoms with Crippen LogP contribution < -0.4 is 0 Å². The summed E-state index contributed by atoms with van der Waals surface area (Å²) < 4.78 is 4.42. The molecule has 0 N–H and O–H groups in total. The molecule has 1 heterocycles. The van der Waals surface area contributed by atoms with Crippen LogP contribution in [0.5, 0.6) is 0 Å². The summed E-state index contributed by atoms with van der Waals surface area (Å²) in [5.74, 6) is 0. The first-order chi connectivity index (χ1) is 2.00. The average Bonchev–Trinajstić information content (AvgIpc) is 0.722. The Morgan fingerprint density at radius 1 is 1.75 bits per heavy atom. The van der Waals surface area contributed by atoms with E-state index in [1.807, 2.05) is 6.07 Å². The van der Waals surface area contributed by atoms with Gasteiger partial charge < -0.3 is 4.42 Å². The van der Waals surface area contributed by atoms with E-state index in [0.717, 1.165) is 0 Å². The van der Waals surface area contributed by atoms with Gasteiger partial charge in [0.15, 0.2) is 0 Å². The molecule has 1 nitrogen and oxygen atoms in total. The van der Waals surface area contributed by atoms with Gasteiger partial charge in [-0.15, -0.1) is 6.07 Å². The number of hydrogen-bond donors (Lipinski definition) is 0. The summed E-state index contributed by atoms with van der Waals surface area (Å²) >= 11 is 0. The Morgan fingerprint density at radius 3 is 2.00 bits per heavy atom. The standard InChI is InChI=1S/C3H3O/c1-2-4-3-1/h1-3H/q-1. The van der Waals surface area contributed by atoms with E-state index >= 15 is 0 Å². The lowest BCUT2D eigenvalue weighted by atomic mass is 10.7. The Balaban J connectivity index is 3.00. The van der Waals surface area contributed by atoms with Crippen LogP contribution in [0.3, 0.4) is 0 Å². The summed E-state index contributed by atoms with van der Waals surface area (Å²) in [6.45, 7) is 0. The van der Waals surface area contributed by atoms with Crippen molar-refractivity contribution >= 4 is 0 Å². The fourth-order valence-corrected chi connectivity index (χ4v) is 0.0786. The van der Waals surface area contributed by atoms with Gasteiger partial charge in [-0.3, -0.25) is 0 Å². The van der Waals surface area contributed by atoms with Gasteiger partial charge in [0.05, 0.1) is 0 Å². The molecule has 0 amide bonds. The van der Waals surface area contributed by atoms with E-state index in [-0.39, 0.29) is 0 Å². The Labute approximate surface area is 24.2 Å². The Hall–Kier alpha value is -0.590. The second kappa shape index (κ2) is 0.412. The van der Waals surface area contributed by atoms with E-state index < -0.39 is 0 Å². The van der Waals surface area contributed by atoms with Crippen molar-refractivity contribution in [1.29, 1.82) is 0 Å². The van der Waals surface area contributed by atoms with Gasteiger partial charge in [-0.1, -0.05) is 0 Å². The molecule has 1 aromatic heterocycles. The molecular formula is C3H3O-. The second-order valence-corrected chi connectivity index (χ2v) is 0.601. The molecule has 0 radical (unpaired) electrons. The second-order valence-electron chi connectivity index (χ2n) is 0.601. The summed E-state index contributed by atoms with van der Waals surface area (Å²) in [5, 5.41) is 0. The Morgan fingerprint density at radius 2 is 2.00 bits per heavy atom. The smallest absolute Gasteiger partial charge is 0.0233 e. The zero-order chi connectivity index (χ0) is 2.83. The van der Waals surface area contributed by atoms with Gasteiger partial charge in [0.1, 0.15) is 0 Å². The van der Waals surface area contributed by atoms with Crippen LogP contribution in [0.1, 0.15) is 0 Å². The fourth-order valence-electron chi connectivity index (χ4n) is 0.0786. The van der Waals surface area contributed by atoms with Crippen LogP contribution in [0.2, 0.25) is 0 Å². The maximum Gasteiger partial charge on any atom is -0.0233 e. The molecule has 0 aromatic carbocycles. The van der Waals surface area contributed by atoms with Gasteiger partial charge in [0.2, 0.25) is 0 Å². The first-order valence-corrected chi connectivity index (χ1v) is 1.14. The molecule has 0 saturated heterocycles. The van der Waals surface area contributed by atoms with Crippen molar-refractivity contribution in [2.75, 3.05) is 0 Å². The Bertz CT molecular complexity index is 45.1. The van der Waals surface area contributed by atoms with Crippen LogP contribution in [0.4, 0.5) is 0 Å². The van der Waals surface area contributed by atoms with E-state index in [0.29, 0.717) is 0 Å². The van der Waals surface area contributed by atoms with Crippen LogP contribution in [0, 0.1) is 0 Å². The van der Waals surface area contributed by atoms with Crippen molar-refractivity contribution in [2.24, 2.45) is 0 Å². The minimum Gasteiger partial charge on any atom is -0.586 e. The third-order valence-corrected chi connectivity index (χ3v) is 0.314. The van der Waals surface area contributed by atoms with Gasteiger partial charge in [0.25, 0.3) is 0 Å². The lowest BCUT2D eigenvalue weighted by Crippen LogP contribution is -1.47. The molecule has 0 aliphatic heterocycles. The summed E-state index contributed by atoms with van der Waals surface area (Å²) in [6, 6.07) is 1.83. The highest BCUT2D eigenvalue weighted by atomic mass is 16.3. The molecule has 0 bridgehead atoms. The van der Waals surface area contributed by atoms with Crippen LogP contribution >= 0.6 is 0 Å². The number of hydrogen-bond acceptors (Lipinski definition) is 1. The van der Waals surface area contributed by atoms with Gasteiger partial charge in [0, 0.05) is 0 Å². The first-order valence-electron chi connectivity index (χ1n) is 1.14. The van der Waals surface area contributed by atoms with Gasteiger partial charge in [-0.25, -0.2) is 0 Å². The number of rotatable bonds is 0. The Kier molecular flexibility index (Phi) is 0.175. The van der Waals surface area contributed by atoms with E-state index in [1.165, 1.54) is 0 Å². The molecule has 0 unspecified atom stereocenters. The minimum atomic E-state index is 1.62. The van der Waals surface area contributed by atoms with E-state index in [2.05, 4.69) is 4.42 Å². The third kappa shape index (κ3) is 0.0204. The molecule has 1 aromatic rings. The van der Waals surface area contributed by atoms with Crippen LogP contribution in [-0.2, 0) is 0 Å². The SMILES string of the molecule is c1co[cH-]1. The summed E-state index contributed by atoms with van der Waals surface area (Å²) in [7, 11) is 0.